The molecule has 0 radical (unpaired) electrons. The van der Waals surface area contributed by atoms with Crippen molar-refractivity contribution in [3.63, 3.8) is 0 Å². The molecule has 3 aromatic rings. The predicted octanol–water partition coefficient (Wildman–Crippen LogP) is 3.94. The molecule has 0 amide bonds. The van der Waals surface area contributed by atoms with Crippen molar-refractivity contribution in [2.75, 3.05) is 5.43 Å². The molecule has 4 nitrogen and oxygen atoms in total. The molecule has 2 aromatic heterocycles. The summed E-state index contributed by atoms with van der Waals surface area (Å²) in [7, 11) is 0. The second-order valence-electron chi connectivity index (χ2n) is 6.02. The zero-order valence-electron chi connectivity index (χ0n) is 12.3. The highest BCUT2D eigenvalue weighted by atomic mass is 32.1. The van der Waals surface area contributed by atoms with E-state index in [1.807, 2.05) is 23.7 Å². The highest BCUT2D eigenvalue weighted by molar-refractivity contribution is 7.13. The van der Waals surface area contributed by atoms with Crippen molar-refractivity contribution in [3.8, 4) is 10.6 Å². The number of fused-ring (bicyclic) bond motifs is 1. The molecule has 0 aliphatic carbocycles. The molecule has 21 heavy (non-hydrogen) atoms. The van der Waals surface area contributed by atoms with Gasteiger partial charge in [-0.05, 0) is 29.7 Å². The van der Waals surface area contributed by atoms with E-state index in [0.29, 0.717) is 0 Å². The van der Waals surface area contributed by atoms with Gasteiger partial charge in [0.1, 0.15) is 10.8 Å². The van der Waals surface area contributed by atoms with Crippen molar-refractivity contribution in [1.82, 2.24) is 9.97 Å². The molecule has 0 aliphatic rings. The van der Waals surface area contributed by atoms with E-state index >= 15 is 0 Å². The summed E-state index contributed by atoms with van der Waals surface area (Å²) in [4.78, 5) is 8.99. The number of pyridine rings is 1. The van der Waals surface area contributed by atoms with Crippen LogP contribution >= 0.6 is 11.3 Å². The quantitative estimate of drug-likeness (QED) is 0.555. The van der Waals surface area contributed by atoms with Crippen LogP contribution in [0.5, 0.6) is 0 Å². The van der Waals surface area contributed by atoms with Crippen molar-refractivity contribution in [3.05, 3.63) is 41.4 Å². The van der Waals surface area contributed by atoms with Crippen LogP contribution in [0, 0.1) is 0 Å². The summed E-state index contributed by atoms with van der Waals surface area (Å²) in [5.74, 6) is 6.36. The van der Waals surface area contributed by atoms with E-state index in [4.69, 9.17) is 5.84 Å². The second-order valence-corrected chi connectivity index (χ2v) is 6.92. The van der Waals surface area contributed by atoms with Crippen molar-refractivity contribution in [1.29, 1.82) is 0 Å². The number of nitrogens with two attached hydrogens (primary N) is 1. The molecule has 3 rings (SSSR count). The Bertz CT molecular complexity index is 773. The molecular formula is C16H18N4S. The van der Waals surface area contributed by atoms with Crippen LogP contribution in [-0.2, 0) is 5.41 Å². The van der Waals surface area contributed by atoms with E-state index in [-0.39, 0.29) is 5.41 Å². The average molecular weight is 298 g/mol. The van der Waals surface area contributed by atoms with Crippen LogP contribution < -0.4 is 11.3 Å². The molecule has 0 saturated carbocycles. The normalized spacial score (nSPS) is 11.8. The number of hydrogen-bond acceptors (Lipinski definition) is 5. The number of aromatic nitrogens is 2. The van der Waals surface area contributed by atoms with Crippen LogP contribution in [0.1, 0.15) is 26.3 Å². The van der Waals surface area contributed by atoms with E-state index in [1.54, 1.807) is 11.3 Å². The summed E-state index contributed by atoms with van der Waals surface area (Å²) in [5.41, 5.74) is 5.84. The lowest BCUT2D eigenvalue weighted by Gasteiger charge is -2.22. The van der Waals surface area contributed by atoms with Gasteiger partial charge in [0.05, 0.1) is 5.52 Å². The third-order valence-corrected chi connectivity index (χ3v) is 4.26. The van der Waals surface area contributed by atoms with Gasteiger partial charge in [-0.15, -0.1) is 11.3 Å². The van der Waals surface area contributed by atoms with Crippen molar-refractivity contribution >= 4 is 28.1 Å². The van der Waals surface area contributed by atoms with Gasteiger partial charge >= 0.3 is 0 Å². The summed E-state index contributed by atoms with van der Waals surface area (Å²) in [6, 6.07) is 8.36. The fourth-order valence-corrected chi connectivity index (χ4v) is 2.99. The summed E-state index contributed by atoms with van der Waals surface area (Å²) in [5, 5.41) is 4.11. The molecule has 0 unspecified atom stereocenters. The zero-order valence-corrected chi connectivity index (χ0v) is 13.2. The van der Waals surface area contributed by atoms with E-state index < -0.39 is 0 Å². The average Bonchev–Trinajstić information content (AvgIpc) is 2.98. The lowest BCUT2D eigenvalue weighted by atomic mass is 9.86. The van der Waals surface area contributed by atoms with E-state index in [2.05, 4.69) is 48.3 Å². The summed E-state index contributed by atoms with van der Waals surface area (Å²) < 4.78 is 0. The fraction of sp³-hybridized carbons (Fsp3) is 0.250. The molecule has 0 spiro atoms. The standard InChI is InChI=1S/C16H18N4S/c1-16(2,3)12-9-11-8-10(15-18-6-7-21-15)4-5-13(11)19-14(12)20-17/h4-9H,17H2,1-3H3,(H,19,20). The lowest BCUT2D eigenvalue weighted by Crippen LogP contribution is -2.19. The van der Waals surface area contributed by atoms with Crippen molar-refractivity contribution < 1.29 is 0 Å². The fourth-order valence-electron chi connectivity index (χ4n) is 2.36. The van der Waals surface area contributed by atoms with Crippen LogP contribution in [0.4, 0.5) is 5.82 Å². The molecule has 0 atom stereocenters. The minimum Gasteiger partial charge on any atom is -0.308 e. The Labute approximate surface area is 128 Å². The Morgan fingerprint density at radius 2 is 2.00 bits per heavy atom. The Morgan fingerprint density at radius 3 is 2.62 bits per heavy atom. The SMILES string of the molecule is CC(C)(C)c1cc2cc(-c3nccs3)ccc2nc1NN. The van der Waals surface area contributed by atoms with Crippen molar-refractivity contribution in [2.24, 2.45) is 5.84 Å². The Hall–Kier alpha value is -1.98. The largest absolute Gasteiger partial charge is 0.308 e. The molecular weight excluding hydrogens is 280 g/mol. The van der Waals surface area contributed by atoms with E-state index in [1.165, 1.54) is 0 Å². The monoisotopic (exact) mass is 298 g/mol. The highest BCUT2D eigenvalue weighted by Crippen LogP contribution is 2.32. The molecule has 0 saturated heterocycles. The number of benzene rings is 1. The Morgan fingerprint density at radius 1 is 1.19 bits per heavy atom. The number of nitrogen functional groups attached to an aromatic ring is 1. The molecule has 0 aliphatic heterocycles. The first kappa shape index (κ1) is 14.0. The molecule has 3 N–H and O–H groups in total. The number of hydrazine groups is 1. The first-order valence-corrected chi connectivity index (χ1v) is 7.69. The van der Waals surface area contributed by atoms with Crippen LogP contribution in [0.25, 0.3) is 21.5 Å². The second kappa shape index (κ2) is 5.09. The number of nitrogens with zero attached hydrogens (tertiary/aromatic N) is 2. The molecule has 108 valence electrons. The number of rotatable bonds is 2. The van der Waals surface area contributed by atoms with Crippen LogP contribution in [0.3, 0.4) is 0 Å². The van der Waals surface area contributed by atoms with Crippen molar-refractivity contribution in [2.45, 2.75) is 26.2 Å². The minimum absolute atomic E-state index is 0.0277. The van der Waals surface area contributed by atoms with E-state index in [9.17, 15) is 0 Å². The Kier molecular flexibility index (Phi) is 3.39. The number of thiazole rings is 1. The Balaban J connectivity index is 2.21. The number of hydrogen-bond donors (Lipinski definition) is 2. The van der Waals surface area contributed by atoms with Gasteiger partial charge in [0, 0.05) is 28.1 Å². The van der Waals surface area contributed by atoms with Gasteiger partial charge in [-0.1, -0.05) is 20.8 Å². The maximum Gasteiger partial charge on any atom is 0.144 e. The summed E-state index contributed by atoms with van der Waals surface area (Å²) >= 11 is 1.64. The van der Waals surface area contributed by atoms with Gasteiger partial charge in [0.15, 0.2) is 0 Å². The molecule has 1 aromatic carbocycles. The number of nitrogens with one attached hydrogen (secondary N) is 1. The van der Waals surface area contributed by atoms with Gasteiger partial charge in [-0.3, -0.25) is 0 Å². The van der Waals surface area contributed by atoms with Crippen LogP contribution in [-0.4, -0.2) is 9.97 Å². The molecule has 0 bridgehead atoms. The molecule has 2 heterocycles. The smallest absolute Gasteiger partial charge is 0.144 e. The van der Waals surface area contributed by atoms with Gasteiger partial charge in [0.25, 0.3) is 0 Å². The van der Waals surface area contributed by atoms with E-state index in [0.717, 1.165) is 32.9 Å². The maximum atomic E-state index is 5.62. The topological polar surface area (TPSA) is 63.8 Å². The third kappa shape index (κ3) is 2.62. The first-order valence-electron chi connectivity index (χ1n) is 6.81. The summed E-state index contributed by atoms with van der Waals surface area (Å²) in [6.07, 6.45) is 1.82. The summed E-state index contributed by atoms with van der Waals surface area (Å²) in [6.45, 7) is 6.46. The van der Waals surface area contributed by atoms with Gasteiger partial charge in [-0.25, -0.2) is 15.8 Å². The number of anilines is 1. The third-order valence-electron chi connectivity index (χ3n) is 3.44. The predicted molar refractivity (Wildman–Crippen MR) is 89.4 cm³/mol. The zero-order chi connectivity index (χ0) is 15.0. The van der Waals surface area contributed by atoms with Gasteiger partial charge in [-0.2, -0.15) is 0 Å². The first-order chi connectivity index (χ1) is 9.99. The van der Waals surface area contributed by atoms with Crippen LogP contribution in [0.15, 0.2) is 35.8 Å². The molecule has 0 fully saturated rings. The minimum atomic E-state index is -0.0277. The van der Waals surface area contributed by atoms with Gasteiger partial charge < -0.3 is 5.43 Å². The van der Waals surface area contributed by atoms with Gasteiger partial charge in [0.2, 0.25) is 0 Å². The maximum absolute atomic E-state index is 5.62. The lowest BCUT2D eigenvalue weighted by molar-refractivity contribution is 0.590. The highest BCUT2D eigenvalue weighted by Gasteiger charge is 2.19. The van der Waals surface area contributed by atoms with Crippen LogP contribution in [0.2, 0.25) is 0 Å². The molecule has 5 heteroatoms.